The van der Waals surface area contributed by atoms with E-state index in [9.17, 15) is 0 Å². The van der Waals surface area contributed by atoms with Crippen LogP contribution in [0.25, 0.3) is 11.1 Å². The van der Waals surface area contributed by atoms with E-state index in [1.165, 1.54) is 0 Å². The quantitative estimate of drug-likeness (QED) is 0.702. The fraction of sp³-hybridized carbons (Fsp3) is 0.231. The summed E-state index contributed by atoms with van der Waals surface area (Å²) in [5.41, 5.74) is 10.1. The molecule has 0 unspecified atom stereocenters. The average Bonchev–Trinajstić information content (AvgIpc) is 2.94. The number of nitrogen functional groups attached to an aromatic ring is 1. The summed E-state index contributed by atoms with van der Waals surface area (Å²) in [6.45, 7) is 2.64. The molecule has 0 saturated heterocycles. The van der Waals surface area contributed by atoms with Crippen LogP contribution in [0.15, 0.2) is 28.8 Å². The molecule has 0 spiro atoms. The Morgan fingerprint density at radius 3 is 2.95 bits per heavy atom. The third-order valence-corrected chi connectivity index (χ3v) is 3.22. The van der Waals surface area contributed by atoms with Crippen molar-refractivity contribution >= 4 is 22.8 Å². The van der Waals surface area contributed by atoms with Crippen LogP contribution >= 0.6 is 0 Å². The molecular formula is C13H15N5O. The maximum atomic E-state index is 5.84. The maximum Gasteiger partial charge on any atom is 0.296 e. The summed E-state index contributed by atoms with van der Waals surface area (Å²) in [5, 5.41) is 7.34. The fourth-order valence-corrected chi connectivity index (χ4v) is 1.93. The Kier molecular flexibility index (Phi) is 2.63. The van der Waals surface area contributed by atoms with Crippen LogP contribution < -0.4 is 11.1 Å². The summed E-state index contributed by atoms with van der Waals surface area (Å²) in [6.07, 6.45) is 1.83. The highest BCUT2D eigenvalue weighted by Crippen LogP contribution is 2.23. The number of aromatic nitrogens is 3. The zero-order valence-corrected chi connectivity index (χ0v) is 10.8. The van der Waals surface area contributed by atoms with Crippen LogP contribution in [0.4, 0.5) is 11.7 Å². The maximum absolute atomic E-state index is 5.84. The molecule has 3 rings (SSSR count). The number of nitrogens with two attached hydrogens (primary N) is 1. The van der Waals surface area contributed by atoms with E-state index in [4.69, 9.17) is 10.2 Å². The van der Waals surface area contributed by atoms with Gasteiger partial charge in [0.2, 0.25) is 0 Å². The van der Waals surface area contributed by atoms with Crippen molar-refractivity contribution in [3.8, 4) is 0 Å². The average molecular weight is 257 g/mol. The number of nitrogens with zero attached hydrogens (tertiary/aromatic N) is 3. The first-order valence-electron chi connectivity index (χ1n) is 6.01. The molecule has 0 atom stereocenters. The van der Waals surface area contributed by atoms with Crippen molar-refractivity contribution in [1.29, 1.82) is 0 Å². The number of nitrogens with one attached hydrogen (secondary N) is 1. The number of anilines is 2. The molecule has 0 saturated carbocycles. The molecule has 0 bridgehead atoms. The van der Waals surface area contributed by atoms with E-state index >= 15 is 0 Å². The molecule has 6 heteroatoms. The molecule has 0 fully saturated rings. The van der Waals surface area contributed by atoms with Crippen molar-refractivity contribution in [2.45, 2.75) is 13.5 Å². The monoisotopic (exact) mass is 257 g/mol. The van der Waals surface area contributed by atoms with Gasteiger partial charge in [-0.3, -0.25) is 4.68 Å². The molecule has 3 aromatic rings. The first-order valence-corrected chi connectivity index (χ1v) is 6.01. The molecule has 0 amide bonds. The molecule has 0 aliphatic carbocycles. The van der Waals surface area contributed by atoms with Gasteiger partial charge in [-0.05, 0) is 19.1 Å². The topological polar surface area (TPSA) is 81.9 Å². The van der Waals surface area contributed by atoms with Gasteiger partial charge in [0, 0.05) is 24.8 Å². The standard InChI is InChI=1S/C13H15N5O/c1-8-9(7-16-18(8)2)6-15-13-17-12-10(14)4-3-5-11(12)19-13/h3-5,7H,6,14H2,1-2H3,(H,15,17). The van der Waals surface area contributed by atoms with Gasteiger partial charge >= 0.3 is 0 Å². The van der Waals surface area contributed by atoms with Gasteiger partial charge in [-0.15, -0.1) is 0 Å². The van der Waals surface area contributed by atoms with E-state index in [2.05, 4.69) is 15.4 Å². The lowest BCUT2D eigenvalue weighted by atomic mass is 10.2. The van der Waals surface area contributed by atoms with E-state index in [-0.39, 0.29) is 0 Å². The van der Waals surface area contributed by atoms with Crippen molar-refractivity contribution in [3.05, 3.63) is 35.7 Å². The third-order valence-electron chi connectivity index (χ3n) is 3.22. The molecule has 0 aliphatic rings. The Bertz CT molecular complexity index is 728. The lowest BCUT2D eigenvalue weighted by Gasteiger charge is -2.00. The SMILES string of the molecule is Cc1c(CNc2nc3c(N)cccc3o2)cnn1C. The highest BCUT2D eigenvalue weighted by molar-refractivity contribution is 5.86. The molecule has 3 N–H and O–H groups in total. The van der Waals surface area contributed by atoms with Crippen molar-refractivity contribution in [3.63, 3.8) is 0 Å². The van der Waals surface area contributed by atoms with Crippen LogP contribution in [-0.2, 0) is 13.6 Å². The van der Waals surface area contributed by atoms with Crippen LogP contribution in [-0.4, -0.2) is 14.8 Å². The summed E-state index contributed by atoms with van der Waals surface area (Å²) in [4.78, 5) is 4.33. The van der Waals surface area contributed by atoms with Gasteiger partial charge in [-0.25, -0.2) is 0 Å². The minimum absolute atomic E-state index is 0.469. The lowest BCUT2D eigenvalue weighted by Crippen LogP contribution is -2.01. The number of benzene rings is 1. The Hall–Kier alpha value is -2.50. The number of hydrogen-bond acceptors (Lipinski definition) is 5. The fourth-order valence-electron chi connectivity index (χ4n) is 1.93. The van der Waals surface area contributed by atoms with E-state index in [1.807, 2.05) is 37.0 Å². The Balaban J connectivity index is 1.82. The van der Waals surface area contributed by atoms with E-state index in [0.29, 0.717) is 29.3 Å². The lowest BCUT2D eigenvalue weighted by molar-refractivity contribution is 0.614. The summed E-state index contributed by atoms with van der Waals surface area (Å²) in [5.74, 6) is 0. The Morgan fingerprint density at radius 2 is 2.26 bits per heavy atom. The first kappa shape index (κ1) is 11.6. The van der Waals surface area contributed by atoms with Crippen LogP contribution in [0, 0.1) is 6.92 Å². The van der Waals surface area contributed by atoms with Gasteiger partial charge in [-0.1, -0.05) is 6.07 Å². The predicted molar refractivity (Wildman–Crippen MR) is 73.7 cm³/mol. The number of rotatable bonds is 3. The van der Waals surface area contributed by atoms with Crippen molar-refractivity contribution in [1.82, 2.24) is 14.8 Å². The van der Waals surface area contributed by atoms with Crippen LogP contribution in [0.3, 0.4) is 0 Å². The second-order valence-electron chi connectivity index (χ2n) is 4.45. The third kappa shape index (κ3) is 2.01. The summed E-state index contributed by atoms with van der Waals surface area (Å²) < 4.78 is 7.42. The molecular weight excluding hydrogens is 242 g/mol. The van der Waals surface area contributed by atoms with Gasteiger partial charge in [0.05, 0.1) is 11.9 Å². The van der Waals surface area contributed by atoms with E-state index in [1.54, 1.807) is 6.07 Å². The molecule has 2 aromatic heterocycles. The number of oxazole rings is 1. The molecule has 0 radical (unpaired) electrons. The normalized spacial score (nSPS) is 11.1. The molecule has 19 heavy (non-hydrogen) atoms. The number of aryl methyl sites for hydroxylation is 1. The smallest absolute Gasteiger partial charge is 0.296 e. The molecule has 6 nitrogen and oxygen atoms in total. The number of hydrogen-bond donors (Lipinski definition) is 2. The minimum atomic E-state index is 0.469. The highest BCUT2D eigenvalue weighted by atomic mass is 16.4. The highest BCUT2D eigenvalue weighted by Gasteiger charge is 2.09. The zero-order valence-electron chi connectivity index (χ0n) is 10.8. The van der Waals surface area contributed by atoms with Gasteiger partial charge in [-0.2, -0.15) is 10.1 Å². The number of fused-ring (bicyclic) bond motifs is 1. The molecule has 1 aromatic carbocycles. The Labute approximate surface area is 110 Å². The molecule has 0 aliphatic heterocycles. The summed E-state index contributed by atoms with van der Waals surface area (Å²) in [6, 6.07) is 5.97. The van der Waals surface area contributed by atoms with Crippen LogP contribution in [0.1, 0.15) is 11.3 Å². The van der Waals surface area contributed by atoms with Crippen molar-refractivity contribution in [2.24, 2.45) is 7.05 Å². The minimum Gasteiger partial charge on any atom is -0.423 e. The van der Waals surface area contributed by atoms with Gasteiger partial charge in [0.25, 0.3) is 6.01 Å². The van der Waals surface area contributed by atoms with Gasteiger partial charge < -0.3 is 15.5 Å². The van der Waals surface area contributed by atoms with Gasteiger partial charge in [0.15, 0.2) is 5.58 Å². The van der Waals surface area contributed by atoms with Crippen LogP contribution in [0.5, 0.6) is 0 Å². The van der Waals surface area contributed by atoms with E-state index in [0.717, 1.165) is 11.3 Å². The van der Waals surface area contributed by atoms with Crippen molar-refractivity contribution in [2.75, 3.05) is 11.1 Å². The van der Waals surface area contributed by atoms with Crippen molar-refractivity contribution < 1.29 is 4.42 Å². The zero-order chi connectivity index (χ0) is 13.4. The summed E-state index contributed by atoms with van der Waals surface area (Å²) >= 11 is 0. The van der Waals surface area contributed by atoms with E-state index < -0.39 is 0 Å². The second-order valence-corrected chi connectivity index (χ2v) is 4.45. The van der Waals surface area contributed by atoms with Gasteiger partial charge in [0.1, 0.15) is 5.52 Å². The molecule has 98 valence electrons. The number of para-hydroxylation sites is 1. The first-order chi connectivity index (χ1) is 9.15. The second kappa shape index (κ2) is 4.31. The van der Waals surface area contributed by atoms with Crippen LogP contribution in [0.2, 0.25) is 0 Å². The summed E-state index contributed by atoms with van der Waals surface area (Å²) in [7, 11) is 1.92. The Morgan fingerprint density at radius 1 is 1.42 bits per heavy atom. The molecule has 2 heterocycles. The predicted octanol–water partition coefficient (Wildman–Crippen LogP) is 2.06. The largest absolute Gasteiger partial charge is 0.423 e.